The summed E-state index contributed by atoms with van der Waals surface area (Å²) < 4.78 is 12.4. The fourth-order valence-electron chi connectivity index (χ4n) is 3.79. The number of benzene rings is 2. The number of piperidine rings is 1. The van der Waals surface area contributed by atoms with Crippen molar-refractivity contribution in [2.75, 3.05) is 20.2 Å². The first-order valence-electron chi connectivity index (χ1n) is 9.12. The molecule has 0 saturated carbocycles. The van der Waals surface area contributed by atoms with E-state index >= 15 is 0 Å². The Morgan fingerprint density at radius 3 is 2.63 bits per heavy atom. The van der Waals surface area contributed by atoms with E-state index in [9.17, 15) is 9.59 Å². The number of aromatic nitrogens is 1. The molecule has 0 atom stereocenters. The molecule has 1 amide bonds. The van der Waals surface area contributed by atoms with Gasteiger partial charge in [-0.3, -0.25) is 9.36 Å². The van der Waals surface area contributed by atoms with Crippen LogP contribution in [0.2, 0.25) is 0 Å². The van der Waals surface area contributed by atoms with Crippen molar-refractivity contribution < 1.29 is 13.9 Å². The number of methoxy groups -OCH3 is 1. The monoisotopic (exact) mass is 366 g/mol. The molecular formula is C21H22N2O4. The number of para-hydroxylation sites is 2. The average molecular weight is 366 g/mol. The smallest absolute Gasteiger partial charge is 0.420 e. The minimum Gasteiger partial charge on any atom is -0.496 e. The van der Waals surface area contributed by atoms with Crippen LogP contribution in [0.3, 0.4) is 0 Å². The van der Waals surface area contributed by atoms with Gasteiger partial charge in [0.25, 0.3) is 5.91 Å². The molecule has 1 fully saturated rings. The van der Waals surface area contributed by atoms with Gasteiger partial charge in [0, 0.05) is 24.7 Å². The highest BCUT2D eigenvalue weighted by atomic mass is 16.5. The van der Waals surface area contributed by atoms with Crippen LogP contribution in [0.1, 0.15) is 34.8 Å². The number of hydrogen-bond donors (Lipinski definition) is 0. The number of rotatable bonds is 3. The summed E-state index contributed by atoms with van der Waals surface area (Å²) >= 11 is 0. The van der Waals surface area contributed by atoms with Gasteiger partial charge in [-0.2, -0.15) is 0 Å². The molecule has 140 valence electrons. The zero-order chi connectivity index (χ0) is 19.0. The van der Waals surface area contributed by atoms with E-state index in [-0.39, 0.29) is 17.7 Å². The molecule has 6 heteroatoms. The maximum Gasteiger partial charge on any atom is 0.420 e. The maximum atomic E-state index is 12.8. The number of carbonyl (C=O) groups is 1. The number of ether oxygens (including phenoxy) is 1. The molecule has 0 N–H and O–H groups in total. The van der Waals surface area contributed by atoms with Crippen molar-refractivity contribution in [2.45, 2.75) is 25.8 Å². The van der Waals surface area contributed by atoms with Crippen LogP contribution < -0.4 is 10.5 Å². The minimum absolute atomic E-state index is 0.00357. The standard InChI is InChI=1S/C21H22N2O4/c1-14-7-8-15(13-19(14)26-2)20(24)22-11-9-16(10-12-22)23-17-5-3-4-6-18(17)27-21(23)25/h3-8,13,16H,9-12H2,1-2H3. The Labute approximate surface area is 157 Å². The summed E-state index contributed by atoms with van der Waals surface area (Å²) in [7, 11) is 1.61. The highest BCUT2D eigenvalue weighted by Crippen LogP contribution is 2.27. The van der Waals surface area contributed by atoms with Crippen molar-refractivity contribution >= 4 is 17.0 Å². The largest absolute Gasteiger partial charge is 0.496 e. The number of fused-ring (bicyclic) bond motifs is 1. The highest BCUT2D eigenvalue weighted by Gasteiger charge is 2.27. The number of carbonyl (C=O) groups excluding carboxylic acids is 1. The van der Waals surface area contributed by atoms with E-state index in [1.54, 1.807) is 23.8 Å². The molecule has 1 aromatic heterocycles. The van der Waals surface area contributed by atoms with Crippen LogP contribution in [0.15, 0.2) is 51.7 Å². The molecular weight excluding hydrogens is 344 g/mol. The van der Waals surface area contributed by atoms with Crippen LogP contribution in [-0.2, 0) is 0 Å². The summed E-state index contributed by atoms with van der Waals surface area (Å²) in [5, 5.41) is 0. The number of nitrogens with zero attached hydrogens (tertiary/aromatic N) is 2. The second-order valence-electron chi connectivity index (χ2n) is 6.91. The lowest BCUT2D eigenvalue weighted by atomic mass is 10.0. The van der Waals surface area contributed by atoms with Crippen molar-refractivity contribution in [1.82, 2.24) is 9.47 Å². The Morgan fingerprint density at radius 1 is 1.15 bits per heavy atom. The van der Waals surface area contributed by atoms with E-state index in [4.69, 9.17) is 9.15 Å². The lowest BCUT2D eigenvalue weighted by Crippen LogP contribution is -2.40. The first kappa shape index (κ1) is 17.4. The summed E-state index contributed by atoms with van der Waals surface area (Å²) in [6.07, 6.45) is 1.44. The quantitative estimate of drug-likeness (QED) is 0.713. The van der Waals surface area contributed by atoms with Crippen LogP contribution >= 0.6 is 0 Å². The third kappa shape index (κ3) is 3.12. The summed E-state index contributed by atoms with van der Waals surface area (Å²) in [5.41, 5.74) is 3.05. The molecule has 2 aromatic carbocycles. The SMILES string of the molecule is COc1cc(C(=O)N2CCC(n3c(=O)oc4ccccc43)CC2)ccc1C. The van der Waals surface area contributed by atoms with Gasteiger partial charge in [0.2, 0.25) is 0 Å². The number of amides is 1. The topological polar surface area (TPSA) is 64.7 Å². The predicted octanol–water partition coefficient (Wildman–Crippen LogP) is 3.39. The second-order valence-corrected chi connectivity index (χ2v) is 6.91. The van der Waals surface area contributed by atoms with E-state index in [1.165, 1.54) is 0 Å². The van der Waals surface area contributed by atoms with Gasteiger partial charge in [-0.25, -0.2) is 4.79 Å². The Kier molecular flexibility index (Phi) is 4.48. The van der Waals surface area contributed by atoms with E-state index in [0.29, 0.717) is 30.0 Å². The molecule has 0 radical (unpaired) electrons. The van der Waals surface area contributed by atoms with Gasteiger partial charge in [0.05, 0.1) is 12.6 Å². The molecule has 0 spiro atoms. The molecule has 2 heterocycles. The number of likely N-dealkylation sites (tertiary alicyclic amines) is 1. The molecule has 0 unspecified atom stereocenters. The summed E-state index contributed by atoms with van der Waals surface area (Å²) in [5.74, 6) is 0.382. The predicted molar refractivity (Wildman–Crippen MR) is 102 cm³/mol. The molecule has 0 bridgehead atoms. The number of oxazole rings is 1. The van der Waals surface area contributed by atoms with Crippen LogP contribution in [0.25, 0.3) is 11.1 Å². The summed E-state index contributed by atoms with van der Waals surface area (Å²) in [6, 6.07) is 13.0. The molecule has 6 nitrogen and oxygen atoms in total. The zero-order valence-electron chi connectivity index (χ0n) is 15.5. The third-order valence-corrected chi connectivity index (χ3v) is 5.29. The van der Waals surface area contributed by atoms with Gasteiger partial charge in [0.15, 0.2) is 5.58 Å². The first-order valence-corrected chi connectivity index (χ1v) is 9.12. The fourth-order valence-corrected chi connectivity index (χ4v) is 3.79. The Hall–Kier alpha value is -3.02. The summed E-state index contributed by atoms with van der Waals surface area (Å²) in [4.78, 5) is 27.0. The van der Waals surface area contributed by atoms with Gasteiger partial charge < -0.3 is 14.1 Å². The Bertz CT molecular complexity index is 1040. The number of aryl methyl sites for hydroxylation is 1. The lowest BCUT2D eigenvalue weighted by molar-refractivity contribution is 0.0693. The molecule has 3 aromatic rings. The van der Waals surface area contributed by atoms with Crippen molar-refractivity contribution in [1.29, 1.82) is 0 Å². The Balaban J connectivity index is 1.51. The molecule has 1 aliphatic heterocycles. The minimum atomic E-state index is -0.329. The van der Waals surface area contributed by atoms with Crippen molar-refractivity contribution in [3.05, 3.63) is 64.1 Å². The molecule has 1 aliphatic rings. The molecule has 0 aliphatic carbocycles. The van der Waals surface area contributed by atoms with Gasteiger partial charge in [-0.15, -0.1) is 0 Å². The van der Waals surface area contributed by atoms with Crippen molar-refractivity contribution in [2.24, 2.45) is 0 Å². The average Bonchev–Trinajstić information content (AvgIpc) is 3.03. The van der Waals surface area contributed by atoms with Crippen LogP contribution in [0, 0.1) is 6.92 Å². The lowest BCUT2D eigenvalue weighted by Gasteiger charge is -2.32. The number of hydrogen-bond acceptors (Lipinski definition) is 4. The van der Waals surface area contributed by atoms with E-state index < -0.39 is 0 Å². The third-order valence-electron chi connectivity index (χ3n) is 5.29. The van der Waals surface area contributed by atoms with Crippen LogP contribution in [0.4, 0.5) is 0 Å². The van der Waals surface area contributed by atoms with Gasteiger partial charge in [-0.1, -0.05) is 18.2 Å². The van der Waals surface area contributed by atoms with Gasteiger partial charge >= 0.3 is 5.76 Å². The van der Waals surface area contributed by atoms with E-state index in [0.717, 1.165) is 23.9 Å². The Morgan fingerprint density at radius 2 is 1.89 bits per heavy atom. The van der Waals surface area contributed by atoms with E-state index in [1.807, 2.05) is 42.2 Å². The van der Waals surface area contributed by atoms with Crippen molar-refractivity contribution in [3.63, 3.8) is 0 Å². The normalized spacial score (nSPS) is 15.3. The summed E-state index contributed by atoms with van der Waals surface area (Å²) in [6.45, 7) is 3.16. The van der Waals surface area contributed by atoms with Gasteiger partial charge in [0.1, 0.15) is 5.75 Å². The maximum absolute atomic E-state index is 12.8. The first-order chi connectivity index (χ1) is 13.1. The second kappa shape index (κ2) is 6.95. The molecule has 1 saturated heterocycles. The zero-order valence-corrected chi connectivity index (χ0v) is 15.5. The van der Waals surface area contributed by atoms with Crippen molar-refractivity contribution in [3.8, 4) is 5.75 Å². The molecule has 4 rings (SSSR count). The van der Waals surface area contributed by atoms with Crippen LogP contribution in [-0.4, -0.2) is 35.6 Å². The van der Waals surface area contributed by atoms with E-state index in [2.05, 4.69) is 0 Å². The molecule has 27 heavy (non-hydrogen) atoms. The fraction of sp³-hybridized carbons (Fsp3) is 0.333. The van der Waals surface area contributed by atoms with Gasteiger partial charge in [-0.05, 0) is 49.6 Å². The van der Waals surface area contributed by atoms with Crippen LogP contribution in [0.5, 0.6) is 5.75 Å². The highest BCUT2D eigenvalue weighted by molar-refractivity contribution is 5.94.